The zero-order valence-corrected chi connectivity index (χ0v) is 14.8. The number of halogens is 1. The average Bonchev–Trinajstić information content (AvgIpc) is 2.47. The fourth-order valence-electron chi connectivity index (χ4n) is 2.77. The summed E-state index contributed by atoms with van der Waals surface area (Å²) in [5, 5.41) is 11.2. The molecule has 0 atom stereocenters. The van der Waals surface area contributed by atoms with E-state index in [-0.39, 0.29) is 23.4 Å². The van der Waals surface area contributed by atoms with Gasteiger partial charge in [0.05, 0.1) is 9.95 Å². The molecule has 0 aliphatic carbocycles. The first-order valence-electron chi connectivity index (χ1n) is 7.79. The molecule has 2 N–H and O–H groups in total. The predicted molar refractivity (Wildman–Crippen MR) is 92.3 cm³/mol. The third-order valence-electron chi connectivity index (χ3n) is 3.93. The Kier molecular flexibility index (Phi) is 5.22. The summed E-state index contributed by atoms with van der Waals surface area (Å²) in [5.41, 5.74) is 5.95. The molecule has 8 heteroatoms. The minimum Gasteiger partial charge on any atom is -0.444 e. The number of ether oxygens (including phenoxy) is 1. The first-order chi connectivity index (χ1) is 11.1. The molecule has 1 heterocycles. The van der Waals surface area contributed by atoms with Gasteiger partial charge in [-0.3, -0.25) is 10.1 Å². The Bertz CT molecular complexity index is 649. The van der Waals surface area contributed by atoms with Crippen molar-refractivity contribution in [3.05, 3.63) is 32.8 Å². The SMILES string of the molecule is CC(C)(C)OC(=O)N1CCC(c2cc(N)c([N+](=O)[O-])cc2Cl)CC1. The summed E-state index contributed by atoms with van der Waals surface area (Å²) in [5.74, 6) is 0.110. The van der Waals surface area contributed by atoms with Crippen LogP contribution in [0.25, 0.3) is 0 Å². The number of carbonyl (C=O) groups is 1. The van der Waals surface area contributed by atoms with Gasteiger partial charge in [-0.2, -0.15) is 0 Å². The average molecular weight is 356 g/mol. The highest BCUT2D eigenvalue weighted by atomic mass is 35.5. The Labute approximate surface area is 145 Å². The van der Waals surface area contributed by atoms with Crippen molar-refractivity contribution in [1.82, 2.24) is 4.90 Å². The van der Waals surface area contributed by atoms with E-state index in [0.717, 1.165) is 5.56 Å². The van der Waals surface area contributed by atoms with Crippen molar-refractivity contribution in [3.63, 3.8) is 0 Å². The van der Waals surface area contributed by atoms with E-state index in [0.29, 0.717) is 31.0 Å². The molecule has 7 nitrogen and oxygen atoms in total. The van der Waals surface area contributed by atoms with Gasteiger partial charge >= 0.3 is 6.09 Å². The number of hydrogen-bond donors (Lipinski definition) is 1. The lowest BCUT2D eigenvalue weighted by atomic mass is 9.89. The number of likely N-dealkylation sites (tertiary alicyclic amines) is 1. The highest BCUT2D eigenvalue weighted by molar-refractivity contribution is 6.31. The Morgan fingerprint density at radius 2 is 1.96 bits per heavy atom. The minimum absolute atomic E-state index is 0.106. The molecule has 1 saturated heterocycles. The number of hydrogen-bond acceptors (Lipinski definition) is 5. The van der Waals surface area contributed by atoms with Crippen molar-refractivity contribution in [2.45, 2.75) is 45.1 Å². The van der Waals surface area contributed by atoms with Gasteiger partial charge < -0.3 is 15.4 Å². The highest BCUT2D eigenvalue weighted by Gasteiger charge is 2.29. The van der Waals surface area contributed by atoms with Crippen LogP contribution in [0.3, 0.4) is 0 Å². The summed E-state index contributed by atoms with van der Waals surface area (Å²) in [6.07, 6.45) is 1.09. The lowest BCUT2D eigenvalue weighted by Crippen LogP contribution is -2.41. The highest BCUT2D eigenvalue weighted by Crippen LogP contribution is 2.37. The van der Waals surface area contributed by atoms with Crippen LogP contribution in [-0.2, 0) is 4.74 Å². The number of nitrogen functional groups attached to an aromatic ring is 1. The van der Waals surface area contributed by atoms with Crippen molar-refractivity contribution in [1.29, 1.82) is 0 Å². The monoisotopic (exact) mass is 355 g/mol. The van der Waals surface area contributed by atoms with E-state index in [1.165, 1.54) is 6.07 Å². The molecular formula is C16H22ClN3O4. The normalized spacial score (nSPS) is 16.1. The zero-order chi connectivity index (χ0) is 18.1. The van der Waals surface area contributed by atoms with Gasteiger partial charge in [-0.25, -0.2) is 4.79 Å². The summed E-state index contributed by atoms with van der Waals surface area (Å²) in [6, 6.07) is 2.88. The molecule has 1 aromatic rings. The molecule has 0 unspecified atom stereocenters. The van der Waals surface area contributed by atoms with E-state index >= 15 is 0 Å². The molecule has 0 aromatic heterocycles. The summed E-state index contributed by atoms with van der Waals surface area (Å²) < 4.78 is 5.37. The molecular weight excluding hydrogens is 334 g/mol. The molecule has 0 bridgehead atoms. The topological polar surface area (TPSA) is 98.7 Å². The fraction of sp³-hybridized carbons (Fsp3) is 0.562. The number of piperidine rings is 1. The number of nitrogens with two attached hydrogens (primary N) is 1. The molecule has 1 amide bonds. The van der Waals surface area contributed by atoms with E-state index in [2.05, 4.69) is 0 Å². The van der Waals surface area contributed by atoms with Crippen LogP contribution in [0.4, 0.5) is 16.2 Å². The molecule has 132 valence electrons. The van der Waals surface area contributed by atoms with Crippen LogP contribution in [-0.4, -0.2) is 34.6 Å². The van der Waals surface area contributed by atoms with E-state index < -0.39 is 10.5 Å². The second-order valence-electron chi connectivity index (χ2n) is 6.93. The van der Waals surface area contributed by atoms with Crippen LogP contribution < -0.4 is 5.73 Å². The quantitative estimate of drug-likeness (QED) is 0.492. The third-order valence-corrected chi connectivity index (χ3v) is 4.26. The summed E-state index contributed by atoms with van der Waals surface area (Å²) in [4.78, 5) is 24.1. The number of nitrogens with zero attached hydrogens (tertiary/aromatic N) is 2. The standard InChI is InChI=1S/C16H22ClN3O4/c1-16(2,3)24-15(21)19-6-4-10(5-7-19)11-8-13(18)14(20(22)23)9-12(11)17/h8-10H,4-7,18H2,1-3H3. The van der Waals surface area contributed by atoms with Gasteiger partial charge in [-0.15, -0.1) is 0 Å². The molecule has 24 heavy (non-hydrogen) atoms. The number of carbonyl (C=O) groups excluding carboxylic acids is 1. The molecule has 0 spiro atoms. The fourth-order valence-corrected chi connectivity index (χ4v) is 3.08. The molecule has 0 radical (unpaired) electrons. The van der Waals surface area contributed by atoms with Crippen molar-refractivity contribution in [3.8, 4) is 0 Å². The maximum absolute atomic E-state index is 12.1. The Hall–Kier alpha value is -2.02. The smallest absolute Gasteiger partial charge is 0.410 e. The molecule has 1 aliphatic rings. The van der Waals surface area contributed by atoms with Crippen molar-refractivity contribution < 1.29 is 14.5 Å². The minimum atomic E-state index is -0.546. The number of anilines is 1. The zero-order valence-electron chi connectivity index (χ0n) is 14.0. The molecule has 1 fully saturated rings. The van der Waals surface area contributed by atoms with Crippen LogP contribution in [0.5, 0.6) is 0 Å². The van der Waals surface area contributed by atoms with Crippen molar-refractivity contribution >= 4 is 29.1 Å². The second kappa shape index (κ2) is 6.84. The largest absolute Gasteiger partial charge is 0.444 e. The lowest BCUT2D eigenvalue weighted by Gasteiger charge is -2.33. The van der Waals surface area contributed by atoms with E-state index in [4.69, 9.17) is 22.1 Å². The number of benzene rings is 1. The van der Waals surface area contributed by atoms with Crippen LogP contribution >= 0.6 is 11.6 Å². The van der Waals surface area contributed by atoms with Gasteiger partial charge in [0.25, 0.3) is 5.69 Å². The maximum atomic E-state index is 12.1. The van der Waals surface area contributed by atoms with E-state index in [1.54, 1.807) is 11.0 Å². The van der Waals surface area contributed by atoms with Gasteiger partial charge in [-0.05, 0) is 51.2 Å². The Morgan fingerprint density at radius 3 is 2.46 bits per heavy atom. The summed E-state index contributed by atoms with van der Waals surface area (Å²) >= 11 is 6.20. The first kappa shape index (κ1) is 18.3. The number of rotatable bonds is 2. The summed E-state index contributed by atoms with van der Waals surface area (Å²) in [6.45, 7) is 6.59. The van der Waals surface area contributed by atoms with E-state index in [1.807, 2.05) is 20.8 Å². The molecule has 0 saturated carbocycles. The van der Waals surface area contributed by atoms with Gasteiger partial charge in [0.15, 0.2) is 0 Å². The summed E-state index contributed by atoms with van der Waals surface area (Å²) in [7, 11) is 0. The molecule has 1 aromatic carbocycles. The third kappa shape index (κ3) is 4.29. The van der Waals surface area contributed by atoms with Gasteiger partial charge in [-0.1, -0.05) is 11.6 Å². The number of nitro groups is 1. The van der Waals surface area contributed by atoms with Gasteiger partial charge in [0.1, 0.15) is 11.3 Å². The van der Waals surface area contributed by atoms with Gasteiger partial charge in [0.2, 0.25) is 0 Å². The number of nitro benzene ring substituents is 1. The maximum Gasteiger partial charge on any atom is 0.410 e. The van der Waals surface area contributed by atoms with Crippen LogP contribution in [0, 0.1) is 10.1 Å². The molecule has 2 rings (SSSR count). The van der Waals surface area contributed by atoms with Gasteiger partial charge in [0, 0.05) is 19.2 Å². The van der Waals surface area contributed by atoms with Crippen LogP contribution in [0.15, 0.2) is 12.1 Å². The van der Waals surface area contributed by atoms with E-state index in [9.17, 15) is 14.9 Å². The second-order valence-corrected chi connectivity index (χ2v) is 7.34. The van der Waals surface area contributed by atoms with Crippen LogP contribution in [0.2, 0.25) is 5.02 Å². The first-order valence-corrected chi connectivity index (χ1v) is 8.17. The van der Waals surface area contributed by atoms with Crippen molar-refractivity contribution in [2.24, 2.45) is 0 Å². The lowest BCUT2D eigenvalue weighted by molar-refractivity contribution is -0.383. The molecule has 1 aliphatic heterocycles. The Morgan fingerprint density at radius 1 is 1.38 bits per heavy atom. The Balaban J connectivity index is 2.06. The van der Waals surface area contributed by atoms with Crippen LogP contribution in [0.1, 0.15) is 45.1 Å². The predicted octanol–water partition coefficient (Wildman–Crippen LogP) is 3.94. The van der Waals surface area contributed by atoms with Crippen molar-refractivity contribution in [2.75, 3.05) is 18.8 Å². The number of amides is 1.